The summed E-state index contributed by atoms with van der Waals surface area (Å²) in [5.74, 6) is 0. The summed E-state index contributed by atoms with van der Waals surface area (Å²) in [5.41, 5.74) is 8.35. The number of nitrogens with one attached hydrogen (secondary N) is 2. The normalized spacial score (nSPS) is 11.5. The van der Waals surface area contributed by atoms with Gasteiger partial charge in [0.1, 0.15) is 4.90 Å². The topological polar surface area (TPSA) is 127 Å². The Morgan fingerprint density at radius 2 is 2.16 bits per heavy atom. The predicted molar refractivity (Wildman–Crippen MR) is 72.9 cm³/mol. The van der Waals surface area contributed by atoms with E-state index in [-0.39, 0.29) is 10.6 Å². The lowest BCUT2D eigenvalue weighted by Gasteiger charge is -2.11. The number of anilines is 2. The summed E-state index contributed by atoms with van der Waals surface area (Å²) < 4.78 is 22.7. The highest BCUT2D eigenvalue weighted by molar-refractivity contribution is 7.89. The van der Waals surface area contributed by atoms with Gasteiger partial charge >= 0.3 is 0 Å². The van der Waals surface area contributed by atoms with Gasteiger partial charge in [0.2, 0.25) is 10.0 Å². The third-order valence-electron chi connectivity index (χ3n) is 2.78. The fraction of sp³-hybridized carbons (Fsp3) is 0.182. The molecule has 8 heteroatoms. The Morgan fingerprint density at radius 3 is 2.74 bits per heavy atom. The number of para-hydroxylation sites is 1. The summed E-state index contributed by atoms with van der Waals surface area (Å²) in [6.45, 7) is 2.38. The second-order valence-corrected chi connectivity index (χ2v) is 5.67. The maximum atomic E-state index is 11.3. The van der Waals surface area contributed by atoms with Gasteiger partial charge < -0.3 is 11.1 Å². The summed E-state index contributed by atoms with van der Waals surface area (Å²) in [6.07, 6.45) is 1.70. The lowest BCUT2D eigenvalue weighted by molar-refractivity contribution is 0.598. The van der Waals surface area contributed by atoms with E-state index in [1.165, 1.54) is 6.07 Å². The number of hydrogen-bond donors (Lipinski definition) is 4. The maximum Gasteiger partial charge on any atom is 0.240 e. The zero-order valence-electron chi connectivity index (χ0n) is 10.3. The number of nitrogens with zero attached hydrogens (tertiary/aromatic N) is 1. The predicted octanol–water partition coefficient (Wildman–Crippen LogP) is 0.560. The third-order valence-corrected chi connectivity index (χ3v) is 3.75. The van der Waals surface area contributed by atoms with E-state index in [4.69, 9.17) is 10.9 Å². The van der Waals surface area contributed by atoms with Crippen LogP contribution < -0.4 is 16.2 Å². The van der Waals surface area contributed by atoms with Gasteiger partial charge in [-0.1, -0.05) is 6.07 Å². The maximum absolute atomic E-state index is 11.3. The molecule has 0 fully saturated rings. The number of nitrogens with two attached hydrogens (primary N) is 2. The molecule has 1 aromatic carbocycles. The monoisotopic (exact) mass is 281 g/mol. The molecular weight excluding hydrogens is 266 g/mol. The molecule has 0 unspecified atom stereocenters. The lowest BCUT2D eigenvalue weighted by atomic mass is 10.2. The number of aryl methyl sites for hydroxylation is 1. The Kier molecular flexibility index (Phi) is 3.45. The van der Waals surface area contributed by atoms with Crippen LogP contribution in [0.4, 0.5) is 11.4 Å². The minimum atomic E-state index is -3.82. The summed E-state index contributed by atoms with van der Waals surface area (Å²) in [7, 11) is -3.82. The number of sulfonamides is 1. The van der Waals surface area contributed by atoms with Crippen molar-refractivity contribution in [2.45, 2.75) is 18.4 Å². The number of aromatic nitrogens is 2. The zero-order valence-corrected chi connectivity index (χ0v) is 11.2. The van der Waals surface area contributed by atoms with Crippen molar-refractivity contribution in [1.82, 2.24) is 10.2 Å². The second-order valence-electron chi connectivity index (χ2n) is 4.14. The Bertz CT molecular complexity index is 693. The molecule has 0 bridgehead atoms. The first-order valence-electron chi connectivity index (χ1n) is 5.53. The van der Waals surface area contributed by atoms with Gasteiger partial charge in [-0.3, -0.25) is 5.10 Å². The summed E-state index contributed by atoms with van der Waals surface area (Å²) in [4.78, 5) is -0.0820. The quantitative estimate of drug-likeness (QED) is 0.609. The Labute approximate surface area is 111 Å². The average molecular weight is 281 g/mol. The fourth-order valence-corrected chi connectivity index (χ4v) is 2.38. The van der Waals surface area contributed by atoms with Crippen molar-refractivity contribution >= 4 is 21.4 Å². The smallest absolute Gasteiger partial charge is 0.240 e. The number of benzene rings is 1. The van der Waals surface area contributed by atoms with Gasteiger partial charge in [-0.2, -0.15) is 5.10 Å². The first-order valence-corrected chi connectivity index (χ1v) is 7.08. The van der Waals surface area contributed by atoms with Crippen molar-refractivity contribution in [3.63, 3.8) is 0 Å². The molecule has 0 aliphatic heterocycles. The Hall–Kier alpha value is -2.06. The Balaban J connectivity index is 2.25. The molecule has 1 heterocycles. The van der Waals surface area contributed by atoms with Crippen molar-refractivity contribution in [2.24, 2.45) is 5.14 Å². The largest absolute Gasteiger partial charge is 0.396 e. The van der Waals surface area contributed by atoms with E-state index in [9.17, 15) is 8.42 Å². The molecule has 0 amide bonds. The molecule has 0 aliphatic rings. The molecule has 6 N–H and O–H groups in total. The van der Waals surface area contributed by atoms with Crippen LogP contribution >= 0.6 is 0 Å². The average Bonchev–Trinajstić information content (AvgIpc) is 2.72. The van der Waals surface area contributed by atoms with Gasteiger partial charge in [0, 0.05) is 17.8 Å². The standard InChI is InChI=1S/C11H15N5O2S/c1-7-8(6-15-16-7)5-14-9-3-2-4-10(11(9)12)19(13,17)18/h2-4,6,14H,5,12H2,1H3,(H,15,16)(H2,13,17,18). The van der Waals surface area contributed by atoms with Gasteiger partial charge in [-0.15, -0.1) is 0 Å². The van der Waals surface area contributed by atoms with Gasteiger partial charge in [0.25, 0.3) is 0 Å². The summed E-state index contributed by atoms with van der Waals surface area (Å²) >= 11 is 0. The molecule has 1 aromatic heterocycles. The molecule has 0 radical (unpaired) electrons. The van der Waals surface area contributed by atoms with E-state index in [1.807, 2.05) is 6.92 Å². The van der Waals surface area contributed by atoms with Crippen LogP contribution in [0.3, 0.4) is 0 Å². The van der Waals surface area contributed by atoms with Crippen LogP contribution in [0.15, 0.2) is 29.3 Å². The number of nitrogen functional groups attached to an aromatic ring is 1. The van der Waals surface area contributed by atoms with Crippen molar-refractivity contribution in [2.75, 3.05) is 11.1 Å². The molecule has 0 aliphatic carbocycles. The van der Waals surface area contributed by atoms with Crippen LogP contribution in [-0.4, -0.2) is 18.6 Å². The van der Waals surface area contributed by atoms with Crippen LogP contribution in [0.1, 0.15) is 11.3 Å². The highest BCUT2D eigenvalue weighted by Crippen LogP contribution is 2.26. The van der Waals surface area contributed by atoms with Crippen molar-refractivity contribution in [1.29, 1.82) is 0 Å². The first kappa shape index (κ1) is 13.4. The minimum absolute atomic E-state index is 0.0820. The molecule has 0 spiro atoms. The van der Waals surface area contributed by atoms with Crippen LogP contribution in [0, 0.1) is 6.92 Å². The van der Waals surface area contributed by atoms with Crippen molar-refractivity contribution < 1.29 is 8.42 Å². The highest BCUT2D eigenvalue weighted by atomic mass is 32.2. The molecular formula is C11H15N5O2S. The fourth-order valence-electron chi connectivity index (χ4n) is 1.69. The van der Waals surface area contributed by atoms with Gasteiger partial charge in [-0.25, -0.2) is 13.6 Å². The van der Waals surface area contributed by atoms with Crippen molar-refractivity contribution in [3.05, 3.63) is 35.7 Å². The van der Waals surface area contributed by atoms with Gasteiger partial charge in [-0.05, 0) is 19.1 Å². The molecule has 2 aromatic rings. The zero-order chi connectivity index (χ0) is 14.0. The second kappa shape index (κ2) is 4.90. The minimum Gasteiger partial charge on any atom is -0.396 e. The number of aromatic amines is 1. The molecule has 7 nitrogen and oxygen atoms in total. The Morgan fingerprint density at radius 1 is 1.42 bits per heavy atom. The molecule has 0 saturated heterocycles. The van der Waals surface area contributed by atoms with Crippen LogP contribution in [0.2, 0.25) is 0 Å². The van der Waals surface area contributed by atoms with E-state index in [0.717, 1.165) is 11.3 Å². The van der Waals surface area contributed by atoms with E-state index in [2.05, 4.69) is 15.5 Å². The van der Waals surface area contributed by atoms with Crippen LogP contribution in [0.25, 0.3) is 0 Å². The number of H-pyrrole nitrogens is 1. The molecule has 0 saturated carbocycles. The van der Waals surface area contributed by atoms with Gasteiger partial charge in [0.05, 0.1) is 17.6 Å². The summed E-state index contributed by atoms with van der Waals surface area (Å²) in [6, 6.07) is 4.65. The molecule has 19 heavy (non-hydrogen) atoms. The van der Waals surface area contributed by atoms with E-state index in [1.54, 1.807) is 18.3 Å². The SMILES string of the molecule is Cc1[nH]ncc1CNc1cccc(S(N)(=O)=O)c1N. The third kappa shape index (κ3) is 2.85. The van der Waals surface area contributed by atoms with Crippen molar-refractivity contribution in [3.8, 4) is 0 Å². The van der Waals surface area contributed by atoms with E-state index >= 15 is 0 Å². The highest BCUT2D eigenvalue weighted by Gasteiger charge is 2.14. The van der Waals surface area contributed by atoms with E-state index in [0.29, 0.717) is 12.2 Å². The molecule has 2 rings (SSSR count). The molecule has 0 atom stereocenters. The lowest BCUT2D eigenvalue weighted by Crippen LogP contribution is -2.15. The number of hydrogen-bond acceptors (Lipinski definition) is 5. The van der Waals surface area contributed by atoms with Crippen LogP contribution in [-0.2, 0) is 16.6 Å². The number of primary sulfonamides is 1. The molecule has 102 valence electrons. The van der Waals surface area contributed by atoms with Gasteiger partial charge in [0.15, 0.2) is 0 Å². The van der Waals surface area contributed by atoms with Crippen LogP contribution in [0.5, 0.6) is 0 Å². The van der Waals surface area contributed by atoms with E-state index < -0.39 is 10.0 Å². The number of rotatable bonds is 4. The summed E-state index contributed by atoms with van der Waals surface area (Å²) in [5, 5.41) is 14.9. The first-order chi connectivity index (χ1) is 8.89.